The fourth-order valence-corrected chi connectivity index (χ4v) is 2.97. The molecule has 0 saturated heterocycles. The molecule has 6 nitrogen and oxygen atoms in total. The number of aromatic nitrogens is 2. The predicted octanol–water partition coefficient (Wildman–Crippen LogP) is 2.81. The standard InChI is InChI=1S/C20H28N4O2/c1-4-18-17(15-22-24(18)16-11-8-7-9-12-16)20(26)21-14-10-13-19(25)23(5-2)6-3/h7-9,11-12,15H,4-6,10,13-14H2,1-3H3,(H,21,26). The predicted molar refractivity (Wildman–Crippen MR) is 102 cm³/mol. The van der Waals surface area contributed by atoms with E-state index in [-0.39, 0.29) is 11.8 Å². The highest BCUT2D eigenvalue weighted by Gasteiger charge is 2.17. The van der Waals surface area contributed by atoms with Gasteiger partial charge in [0.2, 0.25) is 5.91 Å². The minimum atomic E-state index is -0.140. The number of para-hydroxylation sites is 1. The van der Waals surface area contributed by atoms with Crippen LogP contribution in [0.15, 0.2) is 36.5 Å². The summed E-state index contributed by atoms with van der Waals surface area (Å²) in [5, 5.41) is 7.28. The van der Waals surface area contributed by atoms with Crippen LogP contribution >= 0.6 is 0 Å². The third kappa shape index (κ3) is 4.71. The Kier molecular flexibility index (Phi) is 7.38. The molecule has 26 heavy (non-hydrogen) atoms. The molecule has 140 valence electrons. The lowest BCUT2D eigenvalue weighted by Gasteiger charge is -2.18. The number of nitrogens with one attached hydrogen (secondary N) is 1. The lowest BCUT2D eigenvalue weighted by molar-refractivity contribution is -0.130. The Bertz CT molecular complexity index is 721. The van der Waals surface area contributed by atoms with Crippen LogP contribution in [0.4, 0.5) is 0 Å². The van der Waals surface area contributed by atoms with Crippen LogP contribution in [0.1, 0.15) is 49.7 Å². The monoisotopic (exact) mass is 356 g/mol. The second-order valence-electron chi connectivity index (χ2n) is 6.03. The van der Waals surface area contributed by atoms with Crippen LogP contribution in [0.3, 0.4) is 0 Å². The van der Waals surface area contributed by atoms with Crippen LogP contribution in [0.25, 0.3) is 5.69 Å². The molecule has 2 amide bonds. The Labute approximate surface area is 155 Å². The molecule has 0 spiro atoms. The molecule has 1 heterocycles. The van der Waals surface area contributed by atoms with Crippen molar-refractivity contribution in [3.05, 3.63) is 47.8 Å². The summed E-state index contributed by atoms with van der Waals surface area (Å²) in [6, 6.07) is 9.78. The quantitative estimate of drug-likeness (QED) is 0.703. The molecule has 1 aromatic carbocycles. The molecule has 0 fully saturated rings. The van der Waals surface area contributed by atoms with Crippen molar-refractivity contribution in [3.8, 4) is 5.69 Å². The molecule has 0 aliphatic rings. The molecule has 0 aliphatic carbocycles. The van der Waals surface area contributed by atoms with Gasteiger partial charge < -0.3 is 10.2 Å². The number of nitrogens with zero attached hydrogens (tertiary/aromatic N) is 3. The Morgan fingerprint density at radius 1 is 1.12 bits per heavy atom. The maximum Gasteiger partial charge on any atom is 0.254 e. The van der Waals surface area contributed by atoms with E-state index in [2.05, 4.69) is 10.4 Å². The van der Waals surface area contributed by atoms with Gasteiger partial charge in [-0.15, -0.1) is 0 Å². The van der Waals surface area contributed by atoms with Crippen molar-refractivity contribution in [1.82, 2.24) is 20.0 Å². The second-order valence-corrected chi connectivity index (χ2v) is 6.03. The van der Waals surface area contributed by atoms with Gasteiger partial charge >= 0.3 is 0 Å². The summed E-state index contributed by atoms with van der Waals surface area (Å²) in [6.07, 6.45) is 3.40. The zero-order chi connectivity index (χ0) is 18.9. The highest BCUT2D eigenvalue weighted by atomic mass is 16.2. The van der Waals surface area contributed by atoms with Crippen molar-refractivity contribution in [3.63, 3.8) is 0 Å². The number of rotatable bonds is 9. The summed E-state index contributed by atoms with van der Waals surface area (Å²) < 4.78 is 1.80. The number of carbonyl (C=O) groups is 2. The summed E-state index contributed by atoms with van der Waals surface area (Å²) >= 11 is 0. The molecule has 6 heteroatoms. The van der Waals surface area contributed by atoms with Gasteiger partial charge in [0.25, 0.3) is 5.91 Å². The third-order valence-electron chi connectivity index (χ3n) is 4.42. The zero-order valence-electron chi connectivity index (χ0n) is 15.9. The summed E-state index contributed by atoms with van der Waals surface area (Å²) in [4.78, 5) is 26.3. The lowest BCUT2D eigenvalue weighted by atomic mass is 10.2. The Morgan fingerprint density at radius 2 is 1.81 bits per heavy atom. The van der Waals surface area contributed by atoms with E-state index in [0.29, 0.717) is 31.4 Å². The molecule has 0 radical (unpaired) electrons. The van der Waals surface area contributed by atoms with Gasteiger partial charge in [0.05, 0.1) is 23.1 Å². The van der Waals surface area contributed by atoms with Gasteiger partial charge in [-0.1, -0.05) is 25.1 Å². The minimum Gasteiger partial charge on any atom is -0.352 e. The summed E-state index contributed by atoms with van der Waals surface area (Å²) in [5.74, 6) is -0.00490. The first-order chi connectivity index (χ1) is 12.6. The fourth-order valence-electron chi connectivity index (χ4n) is 2.97. The smallest absolute Gasteiger partial charge is 0.254 e. The van der Waals surface area contributed by atoms with Crippen molar-refractivity contribution in [2.24, 2.45) is 0 Å². The van der Waals surface area contributed by atoms with E-state index in [1.807, 2.05) is 51.1 Å². The van der Waals surface area contributed by atoms with Crippen LogP contribution in [0.2, 0.25) is 0 Å². The first-order valence-electron chi connectivity index (χ1n) is 9.30. The van der Waals surface area contributed by atoms with E-state index in [1.165, 1.54) is 0 Å². The summed E-state index contributed by atoms with van der Waals surface area (Å²) in [5.41, 5.74) is 2.41. The normalized spacial score (nSPS) is 10.6. The number of hydrogen-bond donors (Lipinski definition) is 1. The van der Waals surface area contributed by atoms with E-state index in [0.717, 1.165) is 24.5 Å². The molecule has 2 rings (SSSR count). The number of amides is 2. The maximum atomic E-state index is 12.5. The van der Waals surface area contributed by atoms with Crippen molar-refractivity contribution in [2.75, 3.05) is 19.6 Å². The van der Waals surface area contributed by atoms with Crippen LogP contribution < -0.4 is 5.32 Å². The van der Waals surface area contributed by atoms with Gasteiger partial charge in [-0.05, 0) is 38.8 Å². The Morgan fingerprint density at radius 3 is 2.42 bits per heavy atom. The number of carbonyl (C=O) groups excluding carboxylic acids is 2. The van der Waals surface area contributed by atoms with Crippen molar-refractivity contribution >= 4 is 11.8 Å². The highest BCUT2D eigenvalue weighted by molar-refractivity contribution is 5.95. The van der Waals surface area contributed by atoms with E-state index in [9.17, 15) is 9.59 Å². The molecular formula is C20H28N4O2. The molecule has 0 aliphatic heterocycles. The SMILES string of the molecule is CCc1c(C(=O)NCCCC(=O)N(CC)CC)cnn1-c1ccccc1. The van der Waals surface area contributed by atoms with Crippen LogP contribution in [-0.4, -0.2) is 46.1 Å². The fraction of sp³-hybridized carbons (Fsp3) is 0.450. The first kappa shape index (κ1) is 19.7. The summed E-state index contributed by atoms with van der Waals surface area (Å²) in [7, 11) is 0. The van der Waals surface area contributed by atoms with Crippen LogP contribution in [0.5, 0.6) is 0 Å². The van der Waals surface area contributed by atoms with Gasteiger partial charge in [-0.25, -0.2) is 4.68 Å². The Hall–Kier alpha value is -2.63. The topological polar surface area (TPSA) is 67.2 Å². The molecule has 1 aromatic heterocycles. The number of hydrogen-bond acceptors (Lipinski definition) is 3. The van der Waals surface area contributed by atoms with E-state index in [4.69, 9.17) is 0 Å². The highest BCUT2D eigenvalue weighted by Crippen LogP contribution is 2.15. The van der Waals surface area contributed by atoms with E-state index >= 15 is 0 Å². The van der Waals surface area contributed by atoms with Crippen molar-refractivity contribution < 1.29 is 9.59 Å². The van der Waals surface area contributed by atoms with Gasteiger partial charge in [0.15, 0.2) is 0 Å². The Balaban J connectivity index is 1.94. The molecule has 0 saturated carbocycles. The van der Waals surface area contributed by atoms with E-state index in [1.54, 1.807) is 15.8 Å². The van der Waals surface area contributed by atoms with Gasteiger partial charge in [-0.3, -0.25) is 9.59 Å². The van der Waals surface area contributed by atoms with Crippen molar-refractivity contribution in [1.29, 1.82) is 0 Å². The largest absolute Gasteiger partial charge is 0.352 e. The summed E-state index contributed by atoms with van der Waals surface area (Å²) in [6.45, 7) is 7.88. The minimum absolute atomic E-state index is 0.135. The molecule has 0 bridgehead atoms. The molecular weight excluding hydrogens is 328 g/mol. The molecule has 2 aromatic rings. The zero-order valence-corrected chi connectivity index (χ0v) is 15.9. The van der Waals surface area contributed by atoms with Gasteiger partial charge in [-0.2, -0.15) is 5.10 Å². The number of benzene rings is 1. The molecule has 1 N–H and O–H groups in total. The lowest BCUT2D eigenvalue weighted by Crippen LogP contribution is -2.31. The van der Waals surface area contributed by atoms with Crippen LogP contribution in [-0.2, 0) is 11.2 Å². The average Bonchev–Trinajstić information content (AvgIpc) is 3.11. The van der Waals surface area contributed by atoms with Gasteiger partial charge in [0.1, 0.15) is 0 Å². The second kappa shape index (κ2) is 9.75. The van der Waals surface area contributed by atoms with Gasteiger partial charge in [0, 0.05) is 26.1 Å². The first-order valence-corrected chi connectivity index (χ1v) is 9.30. The average molecular weight is 356 g/mol. The van der Waals surface area contributed by atoms with E-state index < -0.39 is 0 Å². The third-order valence-corrected chi connectivity index (χ3v) is 4.42. The molecule has 0 unspecified atom stereocenters. The maximum absolute atomic E-state index is 12.5. The molecule has 0 atom stereocenters. The van der Waals surface area contributed by atoms with Crippen LogP contribution in [0, 0.1) is 0 Å². The van der Waals surface area contributed by atoms with Crippen molar-refractivity contribution in [2.45, 2.75) is 40.0 Å².